The number of para-hydroxylation sites is 1. The van der Waals surface area contributed by atoms with E-state index >= 15 is 0 Å². The van der Waals surface area contributed by atoms with Gasteiger partial charge in [0.1, 0.15) is 0 Å². The molecule has 1 aliphatic rings. The molecule has 3 N–H and O–H groups in total. The Kier molecular flexibility index (Phi) is 11.9. The zero-order chi connectivity index (χ0) is 20.4. The number of piperidine rings is 1. The van der Waals surface area contributed by atoms with Crippen molar-refractivity contribution in [1.29, 1.82) is 0 Å². The Morgan fingerprint density at radius 3 is 2.69 bits per heavy atom. The van der Waals surface area contributed by atoms with Gasteiger partial charge in [-0.15, -0.1) is 24.0 Å². The third-order valence-corrected chi connectivity index (χ3v) is 5.51. The van der Waals surface area contributed by atoms with E-state index in [4.69, 9.17) is 0 Å². The minimum Gasteiger partial charge on any atom is -0.357 e. The van der Waals surface area contributed by atoms with Gasteiger partial charge in [0.2, 0.25) is 10.0 Å². The Morgan fingerprint density at radius 1 is 1.24 bits per heavy atom. The van der Waals surface area contributed by atoms with E-state index in [1.54, 1.807) is 6.07 Å². The molecule has 0 aromatic heterocycles. The molecule has 0 bridgehead atoms. The molecule has 0 amide bonds. The van der Waals surface area contributed by atoms with Crippen LogP contribution in [0, 0.1) is 0 Å². The van der Waals surface area contributed by atoms with Crippen molar-refractivity contribution >= 4 is 45.6 Å². The van der Waals surface area contributed by atoms with Gasteiger partial charge in [-0.25, -0.2) is 13.4 Å². The number of halogens is 1. The number of nitrogens with zero attached hydrogens (tertiary/aromatic N) is 2. The Balaban J connectivity index is 0.00000420. The van der Waals surface area contributed by atoms with Gasteiger partial charge in [-0.1, -0.05) is 24.6 Å². The molecule has 2 rings (SSSR count). The normalized spacial score (nSPS) is 18.0. The van der Waals surface area contributed by atoms with E-state index < -0.39 is 10.0 Å². The fourth-order valence-electron chi connectivity index (χ4n) is 3.44. The summed E-state index contributed by atoms with van der Waals surface area (Å²) >= 11 is 0. The largest absolute Gasteiger partial charge is 0.357 e. The first-order valence-electron chi connectivity index (χ1n) is 10.2. The van der Waals surface area contributed by atoms with Crippen LogP contribution in [0.4, 0.5) is 5.69 Å². The highest BCUT2D eigenvalue weighted by Gasteiger charge is 2.17. The molecule has 0 saturated carbocycles. The van der Waals surface area contributed by atoms with Gasteiger partial charge in [0, 0.05) is 25.7 Å². The zero-order valence-corrected chi connectivity index (χ0v) is 20.9. The van der Waals surface area contributed by atoms with Crippen LogP contribution in [0.5, 0.6) is 0 Å². The Hall–Kier alpha value is -1.07. The highest BCUT2D eigenvalue weighted by molar-refractivity contribution is 14.0. The highest BCUT2D eigenvalue weighted by Crippen LogP contribution is 2.17. The summed E-state index contributed by atoms with van der Waals surface area (Å²) < 4.78 is 25.6. The van der Waals surface area contributed by atoms with Gasteiger partial charge >= 0.3 is 0 Å². The van der Waals surface area contributed by atoms with Gasteiger partial charge in [-0.05, 0) is 51.3 Å². The summed E-state index contributed by atoms with van der Waals surface area (Å²) in [5, 5.41) is 6.64. The molecule has 0 radical (unpaired) electrons. The van der Waals surface area contributed by atoms with Crippen molar-refractivity contribution < 1.29 is 8.42 Å². The molecular weight excluding hydrogens is 501 g/mol. The lowest BCUT2D eigenvalue weighted by Gasteiger charge is -2.33. The summed E-state index contributed by atoms with van der Waals surface area (Å²) in [5.41, 5.74) is 1.41. The number of hydrogen-bond acceptors (Lipinski definition) is 4. The SMILES string of the molecule is CCNC(=NCc1ccccc1NS(C)(=O)=O)NCCCN1CCCCC1C.I. The number of guanidine groups is 1. The maximum atomic E-state index is 11.5. The average Bonchev–Trinajstić information content (AvgIpc) is 2.64. The number of nitrogens with one attached hydrogen (secondary N) is 3. The van der Waals surface area contributed by atoms with Crippen molar-refractivity contribution in [3.8, 4) is 0 Å². The van der Waals surface area contributed by atoms with Crippen LogP contribution in [0.15, 0.2) is 29.3 Å². The van der Waals surface area contributed by atoms with Crippen molar-refractivity contribution in [1.82, 2.24) is 15.5 Å². The number of benzene rings is 1. The minimum absolute atomic E-state index is 0. The average molecular weight is 538 g/mol. The van der Waals surface area contributed by atoms with Crippen LogP contribution >= 0.6 is 24.0 Å². The summed E-state index contributed by atoms with van der Waals surface area (Å²) in [7, 11) is -3.32. The molecule has 166 valence electrons. The van der Waals surface area contributed by atoms with E-state index in [1.165, 1.54) is 25.8 Å². The molecule has 1 heterocycles. The van der Waals surface area contributed by atoms with Crippen LogP contribution in [0.3, 0.4) is 0 Å². The smallest absolute Gasteiger partial charge is 0.229 e. The Morgan fingerprint density at radius 2 is 2.00 bits per heavy atom. The van der Waals surface area contributed by atoms with Gasteiger partial charge in [0.05, 0.1) is 18.5 Å². The second-order valence-electron chi connectivity index (χ2n) is 7.39. The van der Waals surface area contributed by atoms with Crippen molar-refractivity contribution in [2.45, 2.75) is 52.1 Å². The molecule has 0 aliphatic carbocycles. The quantitative estimate of drug-likeness (QED) is 0.195. The molecule has 1 fully saturated rings. The second kappa shape index (κ2) is 13.3. The Labute approximate surface area is 193 Å². The van der Waals surface area contributed by atoms with E-state index in [0.29, 0.717) is 18.3 Å². The molecule has 1 saturated heterocycles. The van der Waals surface area contributed by atoms with Crippen LogP contribution in [-0.4, -0.2) is 57.8 Å². The van der Waals surface area contributed by atoms with Crippen molar-refractivity contribution in [2.24, 2.45) is 4.99 Å². The molecule has 1 aliphatic heterocycles. The van der Waals surface area contributed by atoms with Crippen molar-refractivity contribution in [3.63, 3.8) is 0 Å². The first-order valence-corrected chi connectivity index (χ1v) is 12.1. The lowest BCUT2D eigenvalue weighted by Crippen LogP contribution is -2.41. The molecule has 29 heavy (non-hydrogen) atoms. The maximum Gasteiger partial charge on any atom is 0.229 e. The van der Waals surface area contributed by atoms with E-state index in [-0.39, 0.29) is 24.0 Å². The third-order valence-electron chi connectivity index (χ3n) is 4.92. The van der Waals surface area contributed by atoms with E-state index in [1.807, 2.05) is 25.1 Å². The first-order chi connectivity index (χ1) is 13.4. The minimum atomic E-state index is -3.32. The number of hydrogen-bond donors (Lipinski definition) is 3. The van der Waals surface area contributed by atoms with Gasteiger partial charge < -0.3 is 15.5 Å². The predicted octanol–water partition coefficient (Wildman–Crippen LogP) is 3.00. The zero-order valence-electron chi connectivity index (χ0n) is 17.8. The Bertz CT molecular complexity index is 742. The highest BCUT2D eigenvalue weighted by atomic mass is 127. The van der Waals surface area contributed by atoms with E-state index in [9.17, 15) is 8.42 Å². The fraction of sp³-hybridized carbons (Fsp3) is 0.650. The van der Waals surface area contributed by atoms with E-state index in [2.05, 4.69) is 32.2 Å². The molecule has 0 spiro atoms. The molecule has 9 heteroatoms. The molecule has 1 aromatic rings. The number of sulfonamides is 1. The third kappa shape index (κ3) is 9.99. The summed E-state index contributed by atoms with van der Waals surface area (Å²) in [6.07, 6.45) is 6.19. The van der Waals surface area contributed by atoms with Crippen LogP contribution in [0.2, 0.25) is 0 Å². The summed E-state index contributed by atoms with van der Waals surface area (Å²) in [4.78, 5) is 7.19. The lowest BCUT2D eigenvalue weighted by molar-refractivity contribution is 0.159. The molecule has 1 aromatic carbocycles. The molecule has 1 atom stereocenters. The monoisotopic (exact) mass is 537 g/mol. The second-order valence-corrected chi connectivity index (χ2v) is 9.14. The molecule has 1 unspecified atom stereocenters. The summed E-state index contributed by atoms with van der Waals surface area (Å²) in [5.74, 6) is 0.753. The van der Waals surface area contributed by atoms with Crippen LogP contribution in [-0.2, 0) is 16.6 Å². The molecule has 7 nitrogen and oxygen atoms in total. The standard InChI is InChI=1S/C20H35N5O2S.HI/c1-4-21-20(22-13-9-15-25-14-8-7-10-17(25)2)23-16-18-11-5-6-12-19(18)24-28(3,26)27;/h5-6,11-12,17,24H,4,7-10,13-16H2,1-3H3,(H2,21,22,23);1H. The van der Waals surface area contributed by atoms with Crippen LogP contribution in [0.25, 0.3) is 0 Å². The predicted molar refractivity (Wildman–Crippen MR) is 133 cm³/mol. The summed E-state index contributed by atoms with van der Waals surface area (Å²) in [6, 6.07) is 8.03. The first kappa shape index (κ1) is 26.0. The van der Waals surface area contributed by atoms with Crippen LogP contribution in [0.1, 0.15) is 45.1 Å². The topological polar surface area (TPSA) is 85.8 Å². The van der Waals surface area contributed by atoms with Gasteiger partial charge in [0.15, 0.2) is 5.96 Å². The van der Waals surface area contributed by atoms with Crippen LogP contribution < -0.4 is 15.4 Å². The number of rotatable bonds is 9. The lowest BCUT2D eigenvalue weighted by atomic mass is 10.0. The van der Waals surface area contributed by atoms with Gasteiger partial charge in [-0.2, -0.15) is 0 Å². The van der Waals surface area contributed by atoms with Crippen molar-refractivity contribution in [3.05, 3.63) is 29.8 Å². The number of aliphatic imine (C=N–C) groups is 1. The van der Waals surface area contributed by atoms with Gasteiger partial charge in [0.25, 0.3) is 0 Å². The molecular formula is C20H36IN5O2S. The number of anilines is 1. The van der Waals surface area contributed by atoms with E-state index in [0.717, 1.165) is 43.8 Å². The van der Waals surface area contributed by atoms with Gasteiger partial charge in [-0.3, -0.25) is 4.72 Å². The number of likely N-dealkylation sites (tertiary alicyclic amines) is 1. The van der Waals surface area contributed by atoms with Crippen molar-refractivity contribution in [2.75, 3.05) is 37.2 Å². The maximum absolute atomic E-state index is 11.5. The summed E-state index contributed by atoms with van der Waals surface area (Å²) in [6.45, 7) is 8.70. The fourth-order valence-corrected chi connectivity index (χ4v) is 4.04.